The van der Waals surface area contributed by atoms with E-state index in [-0.39, 0.29) is 18.4 Å². The molecule has 0 aliphatic carbocycles. The summed E-state index contributed by atoms with van der Waals surface area (Å²) in [6, 6.07) is -0.784. The molecule has 0 bridgehead atoms. The Bertz CT molecular complexity index is 239. The molecule has 94 valence electrons. The van der Waals surface area contributed by atoms with Gasteiger partial charge < -0.3 is 15.8 Å². The maximum atomic E-state index is 11.5. The minimum atomic E-state index is -0.573. The zero-order valence-electron chi connectivity index (χ0n) is 10.4. The van der Waals surface area contributed by atoms with Gasteiger partial charge >= 0.3 is 5.97 Å². The molecule has 0 aromatic heterocycles. The van der Waals surface area contributed by atoms with E-state index in [0.717, 1.165) is 0 Å². The van der Waals surface area contributed by atoms with Crippen LogP contribution in [0.4, 0.5) is 0 Å². The highest BCUT2D eigenvalue weighted by Crippen LogP contribution is 2.06. The van der Waals surface area contributed by atoms with Gasteiger partial charge in [-0.05, 0) is 19.3 Å². The second kappa shape index (κ2) is 7.22. The molecule has 0 aliphatic heterocycles. The fourth-order valence-electron chi connectivity index (χ4n) is 1.37. The highest BCUT2D eigenvalue weighted by Gasteiger charge is 2.22. The largest absolute Gasteiger partial charge is 0.467 e. The lowest BCUT2D eigenvalue weighted by Crippen LogP contribution is -2.43. The smallest absolute Gasteiger partial charge is 0.328 e. The number of hydrogen-bond acceptors (Lipinski definition) is 4. The van der Waals surface area contributed by atoms with Gasteiger partial charge in [0.05, 0.1) is 7.11 Å². The summed E-state index contributed by atoms with van der Waals surface area (Å²) >= 11 is 0. The minimum absolute atomic E-state index is 0.211. The van der Waals surface area contributed by atoms with Crippen LogP contribution < -0.4 is 11.1 Å². The number of carbonyl (C=O) groups excluding carboxylic acids is 2. The fourth-order valence-corrected chi connectivity index (χ4v) is 1.37. The predicted molar refractivity (Wildman–Crippen MR) is 61.7 cm³/mol. The first-order chi connectivity index (χ1) is 7.36. The Morgan fingerprint density at radius 1 is 1.31 bits per heavy atom. The lowest BCUT2D eigenvalue weighted by molar-refractivity contribution is -0.145. The Labute approximate surface area is 96.7 Å². The standard InChI is InChI=1S/C11H22N2O3/c1-7(2)5-9(11(15)16-4)13-10(14)6-8(3)12/h7-9H,5-6,12H2,1-4H3,(H,13,14). The molecule has 0 saturated carbocycles. The van der Waals surface area contributed by atoms with Crippen LogP contribution in [-0.2, 0) is 14.3 Å². The van der Waals surface area contributed by atoms with Crippen molar-refractivity contribution in [3.63, 3.8) is 0 Å². The molecule has 0 spiro atoms. The first-order valence-electron chi connectivity index (χ1n) is 5.49. The summed E-state index contributed by atoms with van der Waals surface area (Å²) in [5, 5.41) is 2.64. The second-order valence-electron chi connectivity index (χ2n) is 4.45. The fraction of sp³-hybridized carbons (Fsp3) is 0.818. The predicted octanol–water partition coefficient (Wildman–Crippen LogP) is 0.428. The van der Waals surface area contributed by atoms with Crippen molar-refractivity contribution in [3.05, 3.63) is 0 Å². The van der Waals surface area contributed by atoms with E-state index < -0.39 is 12.0 Å². The first kappa shape index (κ1) is 14.9. The average Bonchev–Trinajstić information content (AvgIpc) is 2.13. The Morgan fingerprint density at radius 3 is 2.25 bits per heavy atom. The summed E-state index contributed by atoms with van der Waals surface area (Å²) in [5.74, 6) is -0.322. The molecular formula is C11H22N2O3. The van der Waals surface area contributed by atoms with Crippen molar-refractivity contribution in [2.24, 2.45) is 11.7 Å². The van der Waals surface area contributed by atoms with Crippen LogP contribution in [-0.4, -0.2) is 31.1 Å². The van der Waals surface area contributed by atoms with E-state index in [1.54, 1.807) is 6.92 Å². The van der Waals surface area contributed by atoms with E-state index in [1.807, 2.05) is 13.8 Å². The van der Waals surface area contributed by atoms with Crippen LogP contribution in [0.25, 0.3) is 0 Å². The van der Waals surface area contributed by atoms with E-state index in [0.29, 0.717) is 12.3 Å². The van der Waals surface area contributed by atoms with Gasteiger partial charge in [0.2, 0.25) is 5.91 Å². The summed E-state index contributed by atoms with van der Waals surface area (Å²) in [6.07, 6.45) is 0.781. The van der Waals surface area contributed by atoms with Crippen LogP contribution in [0.3, 0.4) is 0 Å². The molecule has 3 N–H and O–H groups in total. The van der Waals surface area contributed by atoms with Crippen LogP contribution in [0.2, 0.25) is 0 Å². The molecule has 0 fully saturated rings. The van der Waals surface area contributed by atoms with Gasteiger partial charge in [-0.1, -0.05) is 13.8 Å². The number of ether oxygens (including phenoxy) is 1. The molecule has 5 nitrogen and oxygen atoms in total. The molecule has 5 heteroatoms. The number of carbonyl (C=O) groups is 2. The Balaban J connectivity index is 4.31. The van der Waals surface area contributed by atoms with E-state index in [2.05, 4.69) is 10.1 Å². The molecule has 0 aliphatic rings. The van der Waals surface area contributed by atoms with Gasteiger partial charge in [0.25, 0.3) is 0 Å². The highest BCUT2D eigenvalue weighted by molar-refractivity contribution is 5.84. The number of esters is 1. The van der Waals surface area contributed by atoms with Crippen LogP contribution >= 0.6 is 0 Å². The van der Waals surface area contributed by atoms with Crippen molar-refractivity contribution in [1.29, 1.82) is 0 Å². The number of amides is 1. The summed E-state index contributed by atoms with van der Waals surface area (Å²) in [7, 11) is 1.31. The normalized spacial score (nSPS) is 14.4. The lowest BCUT2D eigenvalue weighted by Gasteiger charge is -2.18. The number of nitrogens with two attached hydrogens (primary N) is 1. The van der Waals surface area contributed by atoms with Gasteiger partial charge in [-0.25, -0.2) is 4.79 Å². The number of nitrogens with one attached hydrogen (secondary N) is 1. The molecule has 0 radical (unpaired) electrons. The zero-order valence-corrected chi connectivity index (χ0v) is 10.4. The van der Waals surface area contributed by atoms with Crippen molar-refractivity contribution in [1.82, 2.24) is 5.32 Å². The Morgan fingerprint density at radius 2 is 1.88 bits per heavy atom. The summed E-state index contributed by atoms with van der Waals surface area (Å²) < 4.78 is 4.63. The van der Waals surface area contributed by atoms with Crippen molar-refractivity contribution >= 4 is 11.9 Å². The van der Waals surface area contributed by atoms with E-state index in [9.17, 15) is 9.59 Å². The van der Waals surface area contributed by atoms with Gasteiger partial charge in [-0.2, -0.15) is 0 Å². The quantitative estimate of drug-likeness (QED) is 0.648. The maximum absolute atomic E-state index is 11.5. The second-order valence-corrected chi connectivity index (χ2v) is 4.45. The van der Waals surface area contributed by atoms with Crippen molar-refractivity contribution in [3.8, 4) is 0 Å². The van der Waals surface area contributed by atoms with Crippen molar-refractivity contribution in [2.75, 3.05) is 7.11 Å². The van der Waals surface area contributed by atoms with Gasteiger partial charge in [0.1, 0.15) is 6.04 Å². The summed E-state index contributed by atoms with van der Waals surface area (Å²) in [4.78, 5) is 22.9. The molecular weight excluding hydrogens is 208 g/mol. The third-order valence-electron chi connectivity index (χ3n) is 2.04. The van der Waals surface area contributed by atoms with E-state index >= 15 is 0 Å². The molecule has 2 atom stereocenters. The maximum Gasteiger partial charge on any atom is 0.328 e. The lowest BCUT2D eigenvalue weighted by atomic mass is 10.0. The molecule has 1 amide bonds. The third kappa shape index (κ3) is 6.40. The van der Waals surface area contributed by atoms with Crippen molar-refractivity contribution in [2.45, 2.75) is 45.7 Å². The highest BCUT2D eigenvalue weighted by atomic mass is 16.5. The zero-order chi connectivity index (χ0) is 12.7. The van der Waals surface area contributed by atoms with Crippen LogP contribution in [0.15, 0.2) is 0 Å². The Hall–Kier alpha value is -1.10. The van der Waals surface area contributed by atoms with Gasteiger partial charge in [-0.3, -0.25) is 4.79 Å². The van der Waals surface area contributed by atoms with Crippen LogP contribution in [0.5, 0.6) is 0 Å². The number of hydrogen-bond donors (Lipinski definition) is 2. The third-order valence-corrected chi connectivity index (χ3v) is 2.04. The molecule has 0 rings (SSSR count). The van der Waals surface area contributed by atoms with E-state index in [1.165, 1.54) is 7.11 Å². The SMILES string of the molecule is COC(=O)C(CC(C)C)NC(=O)CC(C)N. The number of rotatable bonds is 6. The van der Waals surface area contributed by atoms with Gasteiger partial charge in [-0.15, -0.1) is 0 Å². The number of methoxy groups -OCH3 is 1. The molecule has 0 heterocycles. The Kier molecular flexibility index (Phi) is 6.72. The first-order valence-corrected chi connectivity index (χ1v) is 5.49. The average molecular weight is 230 g/mol. The van der Waals surface area contributed by atoms with Gasteiger partial charge in [0, 0.05) is 12.5 Å². The van der Waals surface area contributed by atoms with E-state index in [4.69, 9.17) is 5.73 Å². The summed E-state index contributed by atoms with van der Waals surface area (Å²) in [5.41, 5.74) is 5.50. The molecule has 2 unspecified atom stereocenters. The molecule has 0 aromatic carbocycles. The topological polar surface area (TPSA) is 81.4 Å². The van der Waals surface area contributed by atoms with Crippen molar-refractivity contribution < 1.29 is 14.3 Å². The molecule has 16 heavy (non-hydrogen) atoms. The minimum Gasteiger partial charge on any atom is -0.467 e. The van der Waals surface area contributed by atoms with Crippen LogP contribution in [0.1, 0.15) is 33.6 Å². The van der Waals surface area contributed by atoms with Crippen LogP contribution in [0, 0.1) is 5.92 Å². The summed E-state index contributed by atoms with van der Waals surface area (Å²) in [6.45, 7) is 5.70. The van der Waals surface area contributed by atoms with Gasteiger partial charge in [0.15, 0.2) is 0 Å². The molecule has 0 aromatic rings. The monoisotopic (exact) mass is 230 g/mol. The molecule has 0 saturated heterocycles.